The molecule has 2 aromatic rings. The first-order valence-electron chi connectivity index (χ1n) is 6.95. The molecule has 0 bridgehead atoms. The number of methoxy groups -OCH3 is 1. The number of aromatic nitrogens is 1. The number of nitrogens with zero attached hydrogens (tertiary/aromatic N) is 1. The second-order valence-electron chi connectivity index (χ2n) is 5.91. The van der Waals surface area contributed by atoms with Crippen molar-refractivity contribution in [1.82, 2.24) is 4.98 Å². The summed E-state index contributed by atoms with van der Waals surface area (Å²) in [5.74, 6) is -0.118. The molecular formula is C17H17F2NO. The maximum Gasteiger partial charge on any atom is 0.135 e. The van der Waals surface area contributed by atoms with E-state index in [2.05, 4.69) is 11.9 Å². The standard InChI is InChI=1S/C17H17F2NO/c1-10-9-17(10,2)13-6-11(18)7-14(19)16(13)15-8-12(21-3)4-5-20-15/h4-8,10H,9H2,1-3H3/t10-,17?/m1/s1. The number of pyridine rings is 1. The van der Waals surface area contributed by atoms with Crippen molar-refractivity contribution in [2.24, 2.45) is 5.92 Å². The molecule has 1 fully saturated rings. The molecule has 0 N–H and O–H groups in total. The van der Waals surface area contributed by atoms with Gasteiger partial charge < -0.3 is 4.74 Å². The molecule has 21 heavy (non-hydrogen) atoms. The van der Waals surface area contributed by atoms with E-state index in [9.17, 15) is 8.78 Å². The lowest BCUT2D eigenvalue weighted by Crippen LogP contribution is -2.08. The molecule has 3 rings (SSSR count). The van der Waals surface area contributed by atoms with E-state index in [1.54, 1.807) is 25.4 Å². The molecule has 1 saturated carbocycles. The lowest BCUT2D eigenvalue weighted by atomic mass is 9.89. The van der Waals surface area contributed by atoms with E-state index >= 15 is 0 Å². The molecule has 4 heteroatoms. The van der Waals surface area contributed by atoms with Gasteiger partial charge >= 0.3 is 0 Å². The maximum atomic E-state index is 14.4. The molecule has 1 aliphatic carbocycles. The van der Waals surface area contributed by atoms with Gasteiger partial charge in [-0.1, -0.05) is 13.8 Å². The Hall–Kier alpha value is -1.97. The van der Waals surface area contributed by atoms with Gasteiger partial charge in [-0.3, -0.25) is 4.98 Å². The molecule has 2 atom stereocenters. The molecule has 1 aromatic carbocycles. The summed E-state index contributed by atoms with van der Waals surface area (Å²) in [5.41, 5.74) is 1.35. The Morgan fingerprint density at radius 1 is 1.29 bits per heavy atom. The Labute approximate surface area is 122 Å². The first-order valence-corrected chi connectivity index (χ1v) is 6.95. The highest BCUT2D eigenvalue weighted by Crippen LogP contribution is 2.56. The summed E-state index contributed by atoms with van der Waals surface area (Å²) in [6.07, 6.45) is 2.49. The van der Waals surface area contributed by atoms with Gasteiger partial charge in [0.25, 0.3) is 0 Å². The van der Waals surface area contributed by atoms with Gasteiger partial charge in [0.2, 0.25) is 0 Å². The van der Waals surface area contributed by atoms with Crippen LogP contribution in [0.25, 0.3) is 11.3 Å². The SMILES string of the molecule is COc1ccnc(-c2c(F)cc(F)cc2C2(C)C[C@H]2C)c1. The summed E-state index contributed by atoms with van der Waals surface area (Å²) in [6, 6.07) is 5.72. The molecule has 1 aliphatic rings. The molecule has 110 valence electrons. The Morgan fingerprint density at radius 3 is 2.62 bits per heavy atom. The van der Waals surface area contributed by atoms with Crippen LogP contribution in [0.1, 0.15) is 25.8 Å². The van der Waals surface area contributed by atoms with Crippen LogP contribution in [-0.2, 0) is 5.41 Å². The van der Waals surface area contributed by atoms with Crippen molar-refractivity contribution in [1.29, 1.82) is 0 Å². The molecule has 1 unspecified atom stereocenters. The van der Waals surface area contributed by atoms with Crippen molar-refractivity contribution in [2.75, 3.05) is 7.11 Å². The van der Waals surface area contributed by atoms with Crippen LogP contribution in [0.15, 0.2) is 30.5 Å². The predicted molar refractivity (Wildman–Crippen MR) is 77.3 cm³/mol. The fraction of sp³-hybridized carbons (Fsp3) is 0.353. The van der Waals surface area contributed by atoms with Gasteiger partial charge in [0.05, 0.1) is 12.8 Å². The molecule has 0 spiro atoms. The van der Waals surface area contributed by atoms with Crippen LogP contribution in [-0.4, -0.2) is 12.1 Å². The van der Waals surface area contributed by atoms with Crippen LogP contribution < -0.4 is 4.74 Å². The van der Waals surface area contributed by atoms with Crippen molar-refractivity contribution < 1.29 is 13.5 Å². The van der Waals surface area contributed by atoms with Gasteiger partial charge in [-0.25, -0.2) is 8.78 Å². The third-order valence-corrected chi connectivity index (χ3v) is 4.55. The number of rotatable bonds is 3. The summed E-state index contributed by atoms with van der Waals surface area (Å²) in [4.78, 5) is 4.23. The number of halogens is 2. The molecule has 1 aromatic heterocycles. The fourth-order valence-electron chi connectivity index (χ4n) is 2.91. The minimum Gasteiger partial charge on any atom is -0.497 e. The van der Waals surface area contributed by atoms with Gasteiger partial charge in [0.1, 0.15) is 17.4 Å². The van der Waals surface area contributed by atoms with E-state index in [4.69, 9.17) is 4.74 Å². The Balaban J connectivity index is 2.21. The normalized spacial score (nSPS) is 24.0. The third-order valence-electron chi connectivity index (χ3n) is 4.55. The minimum atomic E-state index is -0.578. The fourth-order valence-corrected chi connectivity index (χ4v) is 2.91. The quantitative estimate of drug-likeness (QED) is 0.839. The van der Waals surface area contributed by atoms with Crippen LogP contribution >= 0.6 is 0 Å². The Bertz CT molecular complexity index is 701. The highest BCUT2D eigenvalue weighted by Gasteiger charge is 2.49. The summed E-state index contributed by atoms with van der Waals surface area (Å²) < 4.78 is 33.2. The minimum absolute atomic E-state index is 0.191. The van der Waals surface area contributed by atoms with Crippen LogP contribution in [0.5, 0.6) is 5.75 Å². The first kappa shape index (κ1) is 14.0. The average Bonchev–Trinajstić information content (AvgIpc) is 3.07. The van der Waals surface area contributed by atoms with Crippen molar-refractivity contribution >= 4 is 0 Å². The van der Waals surface area contributed by atoms with E-state index in [1.807, 2.05) is 6.92 Å². The molecule has 1 heterocycles. The highest BCUT2D eigenvalue weighted by atomic mass is 19.1. The van der Waals surface area contributed by atoms with Gasteiger partial charge in [-0.2, -0.15) is 0 Å². The molecule has 0 saturated heterocycles. The highest BCUT2D eigenvalue weighted by molar-refractivity contribution is 5.68. The zero-order chi connectivity index (χ0) is 15.2. The summed E-state index contributed by atoms with van der Waals surface area (Å²) in [7, 11) is 1.55. The third kappa shape index (κ3) is 2.28. The zero-order valence-electron chi connectivity index (χ0n) is 12.3. The van der Waals surface area contributed by atoms with Gasteiger partial charge in [0.15, 0.2) is 0 Å². The summed E-state index contributed by atoms with van der Waals surface area (Å²) in [5, 5.41) is 0. The molecule has 0 radical (unpaired) electrons. The van der Waals surface area contributed by atoms with Crippen LogP contribution in [0.3, 0.4) is 0 Å². The zero-order valence-corrected chi connectivity index (χ0v) is 12.3. The topological polar surface area (TPSA) is 22.1 Å². The van der Waals surface area contributed by atoms with E-state index in [1.165, 1.54) is 6.07 Å². The number of hydrogen-bond donors (Lipinski definition) is 0. The molecular weight excluding hydrogens is 272 g/mol. The lowest BCUT2D eigenvalue weighted by molar-refractivity contribution is 0.414. The van der Waals surface area contributed by atoms with Gasteiger partial charge in [-0.05, 0) is 35.4 Å². The summed E-state index contributed by atoms with van der Waals surface area (Å²) in [6.45, 7) is 4.13. The van der Waals surface area contributed by atoms with E-state index in [0.717, 1.165) is 12.5 Å². The van der Waals surface area contributed by atoms with Crippen molar-refractivity contribution in [3.05, 3.63) is 47.7 Å². The van der Waals surface area contributed by atoms with E-state index in [0.29, 0.717) is 28.5 Å². The first-order chi connectivity index (χ1) is 9.95. The smallest absolute Gasteiger partial charge is 0.135 e. The van der Waals surface area contributed by atoms with Crippen LogP contribution in [0.2, 0.25) is 0 Å². The Kier molecular flexibility index (Phi) is 3.19. The second-order valence-corrected chi connectivity index (χ2v) is 5.91. The van der Waals surface area contributed by atoms with Gasteiger partial charge in [-0.15, -0.1) is 0 Å². The largest absolute Gasteiger partial charge is 0.497 e. The summed E-state index contributed by atoms with van der Waals surface area (Å²) >= 11 is 0. The maximum absolute atomic E-state index is 14.4. The lowest BCUT2D eigenvalue weighted by Gasteiger charge is -2.17. The Morgan fingerprint density at radius 2 is 2.00 bits per heavy atom. The predicted octanol–water partition coefficient (Wildman–Crippen LogP) is 4.33. The van der Waals surface area contributed by atoms with E-state index < -0.39 is 11.6 Å². The number of hydrogen-bond acceptors (Lipinski definition) is 2. The average molecular weight is 289 g/mol. The van der Waals surface area contributed by atoms with Crippen molar-refractivity contribution in [3.8, 4) is 17.0 Å². The monoisotopic (exact) mass is 289 g/mol. The number of benzene rings is 1. The molecule has 0 aliphatic heterocycles. The number of ether oxygens (including phenoxy) is 1. The van der Waals surface area contributed by atoms with Gasteiger partial charge in [0, 0.05) is 23.9 Å². The molecule has 0 amide bonds. The van der Waals surface area contributed by atoms with Crippen LogP contribution in [0, 0.1) is 17.6 Å². The van der Waals surface area contributed by atoms with Crippen LogP contribution in [0.4, 0.5) is 8.78 Å². The van der Waals surface area contributed by atoms with Crippen molar-refractivity contribution in [3.63, 3.8) is 0 Å². The second kappa shape index (κ2) is 4.79. The van der Waals surface area contributed by atoms with E-state index in [-0.39, 0.29) is 5.41 Å². The van der Waals surface area contributed by atoms with Crippen molar-refractivity contribution in [2.45, 2.75) is 25.7 Å². The molecule has 2 nitrogen and oxygen atoms in total.